The van der Waals surface area contributed by atoms with Crippen LogP contribution in [0.15, 0.2) is 0 Å². The zero-order valence-corrected chi connectivity index (χ0v) is 17.2. The van der Waals surface area contributed by atoms with Crippen molar-refractivity contribution >= 4 is 24.8 Å². The molecule has 0 aromatic carbocycles. The molecule has 0 atom stereocenters. The average molecular weight is 379 g/mol. The van der Waals surface area contributed by atoms with Gasteiger partial charge in [-0.3, -0.25) is 0 Å². The molecule has 0 aromatic rings. The van der Waals surface area contributed by atoms with Crippen LogP contribution in [0.3, 0.4) is 0 Å². The standard InChI is InChI=1S/2C8H17O.2ClH.Ti/c2*1-2-3-4-5-6-7-8-9;;;/h2*2-8H2,1H3;2*1H;/q2*-1;;;+2. The zero-order valence-electron chi connectivity index (χ0n) is 14.0. The second-order valence-electron chi connectivity index (χ2n) is 5.32. The number of unbranched alkanes of at least 4 members (excludes halogenated alkanes) is 10. The predicted octanol–water partition coefficient (Wildman–Crippen LogP) is 6.50. The molecule has 0 aromatic heterocycles. The van der Waals surface area contributed by atoms with Crippen molar-refractivity contribution in [3.8, 4) is 0 Å². The summed E-state index contributed by atoms with van der Waals surface area (Å²) in [6.45, 7) is 6.36. The quantitative estimate of drug-likeness (QED) is 0.225. The largest absolute Gasteiger partial charge is 0.147 e. The van der Waals surface area contributed by atoms with Crippen LogP contribution in [-0.4, -0.2) is 13.2 Å². The molecule has 0 radical (unpaired) electrons. The van der Waals surface area contributed by atoms with Crippen LogP contribution in [-0.2, 0) is 26.6 Å². The molecule has 0 unspecified atom stereocenters. The molecule has 0 aliphatic heterocycles. The van der Waals surface area contributed by atoms with Gasteiger partial charge in [0.2, 0.25) is 0 Å². The Bertz CT molecular complexity index is 147. The number of halogens is 2. The number of rotatable bonds is 16. The Hall–Kier alpha value is 1.21. The van der Waals surface area contributed by atoms with Crippen LogP contribution in [0.4, 0.5) is 0 Å². The van der Waals surface area contributed by atoms with Crippen molar-refractivity contribution in [1.82, 2.24) is 0 Å². The number of hydrogen-bond donors (Lipinski definition) is 0. The summed E-state index contributed by atoms with van der Waals surface area (Å²) in [6.07, 6.45) is 16.0. The predicted molar refractivity (Wildman–Crippen MR) is 93.2 cm³/mol. The van der Waals surface area contributed by atoms with Gasteiger partial charge in [-0.15, -0.1) is 24.8 Å². The van der Waals surface area contributed by atoms with Crippen molar-refractivity contribution in [3.05, 3.63) is 0 Å². The third kappa shape index (κ3) is 26.4. The molecule has 0 spiro atoms. The molecule has 0 N–H and O–H groups in total. The van der Waals surface area contributed by atoms with Crippen molar-refractivity contribution in [3.63, 3.8) is 0 Å². The van der Waals surface area contributed by atoms with E-state index in [1.165, 1.54) is 77.0 Å². The fraction of sp³-hybridized carbons (Fsp3) is 1.00. The maximum Gasteiger partial charge on any atom is -0.147 e. The van der Waals surface area contributed by atoms with E-state index in [0.29, 0.717) is 0 Å². The second-order valence-corrected chi connectivity index (χ2v) is 6.48. The van der Waals surface area contributed by atoms with E-state index in [4.69, 9.17) is 6.64 Å². The van der Waals surface area contributed by atoms with E-state index in [1.54, 1.807) is 0 Å². The second kappa shape index (κ2) is 26.1. The zero-order chi connectivity index (χ0) is 14.0. The summed E-state index contributed by atoms with van der Waals surface area (Å²) >= 11 is -0.560. The smallest absolute Gasteiger partial charge is 0.147 e. The fourth-order valence-electron chi connectivity index (χ4n) is 2.03. The van der Waals surface area contributed by atoms with Gasteiger partial charge in [0.1, 0.15) is 0 Å². The van der Waals surface area contributed by atoms with Crippen molar-refractivity contribution in [2.45, 2.75) is 90.9 Å². The Morgan fingerprint density at radius 2 is 0.857 bits per heavy atom. The maximum absolute atomic E-state index is 5.59. The molecule has 0 bridgehead atoms. The molecule has 0 amide bonds. The first-order chi connectivity index (χ1) is 9.41. The molecular formula is C16H36Cl2O2Ti. The van der Waals surface area contributed by atoms with Crippen LogP contribution < -0.4 is 0 Å². The minimum Gasteiger partial charge on any atom is -0.147 e. The third-order valence-corrected chi connectivity index (χ3v) is 4.32. The van der Waals surface area contributed by atoms with Crippen LogP contribution in [0.2, 0.25) is 0 Å². The van der Waals surface area contributed by atoms with Crippen LogP contribution in [0, 0.1) is 0 Å². The molecule has 0 fully saturated rings. The molecule has 0 aliphatic rings. The van der Waals surface area contributed by atoms with Crippen LogP contribution in [0.5, 0.6) is 0 Å². The van der Waals surface area contributed by atoms with Crippen LogP contribution >= 0.6 is 24.8 Å². The normalized spacial score (nSPS) is 9.81. The average Bonchev–Trinajstić information content (AvgIpc) is 2.43. The van der Waals surface area contributed by atoms with E-state index in [9.17, 15) is 0 Å². The van der Waals surface area contributed by atoms with Crippen molar-refractivity contribution in [2.24, 2.45) is 0 Å². The van der Waals surface area contributed by atoms with Gasteiger partial charge in [-0.25, -0.2) is 0 Å². The van der Waals surface area contributed by atoms with E-state index < -0.39 is 19.9 Å². The molecular weight excluding hydrogens is 343 g/mol. The molecule has 0 heterocycles. The van der Waals surface area contributed by atoms with Gasteiger partial charge in [0.15, 0.2) is 0 Å². The number of hydrogen-bond acceptors (Lipinski definition) is 2. The van der Waals surface area contributed by atoms with Crippen molar-refractivity contribution < 1.29 is 26.6 Å². The molecule has 0 saturated carbocycles. The Morgan fingerprint density at radius 3 is 1.24 bits per heavy atom. The molecule has 5 heteroatoms. The first-order valence-electron chi connectivity index (χ1n) is 8.40. The van der Waals surface area contributed by atoms with Crippen LogP contribution in [0.25, 0.3) is 0 Å². The summed E-state index contributed by atoms with van der Waals surface area (Å²) < 4.78 is 11.2. The van der Waals surface area contributed by atoms with Gasteiger partial charge in [-0.2, -0.15) is 0 Å². The Labute approximate surface area is 155 Å². The van der Waals surface area contributed by atoms with E-state index in [0.717, 1.165) is 13.2 Å². The Morgan fingerprint density at radius 1 is 0.524 bits per heavy atom. The minimum atomic E-state index is -0.560. The first-order valence-corrected chi connectivity index (χ1v) is 9.67. The fourth-order valence-corrected chi connectivity index (χ4v) is 2.88. The molecule has 21 heavy (non-hydrogen) atoms. The Kier molecular flexibility index (Phi) is 33.7. The van der Waals surface area contributed by atoms with Gasteiger partial charge in [0.25, 0.3) is 0 Å². The Balaban J connectivity index is -0.00000162. The van der Waals surface area contributed by atoms with E-state index in [1.807, 2.05) is 0 Å². The van der Waals surface area contributed by atoms with Gasteiger partial charge >= 0.3 is 131 Å². The summed E-state index contributed by atoms with van der Waals surface area (Å²) in [5.74, 6) is 0. The summed E-state index contributed by atoms with van der Waals surface area (Å²) in [5, 5.41) is 0. The van der Waals surface area contributed by atoms with Gasteiger partial charge in [-0.05, 0) is 0 Å². The first kappa shape index (κ1) is 27.1. The van der Waals surface area contributed by atoms with E-state index >= 15 is 0 Å². The summed E-state index contributed by atoms with van der Waals surface area (Å²) in [7, 11) is 0. The SMILES string of the molecule is CCCCCCCC[O][Ti][O]CCCCCCCC.Cl.Cl. The summed E-state index contributed by atoms with van der Waals surface area (Å²) in [4.78, 5) is 0. The minimum absolute atomic E-state index is 0. The monoisotopic (exact) mass is 378 g/mol. The van der Waals surface area contributed by atoms with E-state index in [-0.39, 0.29) is 24.8 Å². The molecule has 0 rings (SSSR count). The maximum atomic E-state index is 5.59. The van der Waals surface area contributed by atoms with E-state index in [2.05, 4.69) is 13.8 Å². The summed E-state index contributed by atoms with van der Waals surface area (Å²) in [6, 6.07) is 0. The molecule has 0 aliphatic carbocycles. The topological polar surface area (TPSA) is 18.5 Å². The molecule has 0 saturated heterocycles. The molecule has 2 nitrogen and oxygen atoms in total. The summed E-state index contributed by atoms with van der Waals surface area (Å²) in [5.41, 5.74) is 0. The van der Waals surface area contributed by atoms with Crippen molar-refractivity contribution in [2.75, 3.05) is 13.2 Å². The van der Waals surface area contributed by atoms with Gasteiger partial charge in [-0.1, -0.05) is 0 Å². The van der Waals surface area contributed by atoms with Gasteiger partial charge < -0.3 is 0 Å². The van der Waals surface area contributed by atoms with Gasteiger partial charge in [0.05, 0.1) is 0 Å². The van der Waals surface area contributed by atoms with Gasteiger partial charge in [0, 0.05) is 0 Å². The van der Waals surface area contributed by atoms with Crippen LogP contribution in [0.1, 0.15) is 90.9 Å². The van der Waals surface area contributed by atoms with Crippen molar-refractivity contribution in [1.29, 1.82) is 0 Å². The third-order valence-electron chi connectivity index (χ3n) is 3.32. The molecule has 130 valence electrons.